The Morgan fingerprint density at radius 2 is 1.52 bits per heavy atom. The van der Waals surface area contributed by atoms with E-state index in [1.165, 1.54) is 20.3 Å². The summed E-state index contributed by atoms with van der Waals surface area (Å²) in [6, 6.07) is 11.9. The third-order valence-electron chi connectivity index (χ3n) is 5.40. The molecule has 0 bridgehead atoms. The van der Waals surface area contributed by atoms with Crippen molar-refractivity contribution in [2.75, 3.05) is 20.8 Å². The van der Waals surface area contributed by atoms with Crippen molar-refractivity contribution < 1.29 is 46.9 Å². The summed E-state index contributed by atoms with van der Waals surface area (Å²) in [6.07, 6.45) is -4.24. The maximum Gasteiger partial charge on any atom is 0.490 e. The molecule has 0 heterocycles. The fourth-order valence-corrected chi connectivity index (χ4v) is 3.34. The molecule has 0 aliphatic heterocycles. The number of carboxylic acid groups (broad SMARTS) is 1. The molecule has 2 aromatic rings. The fourth-order valence-electron chi connectivity index (χ4n) is 3.34. The maximum atomic E-state index is 13.1. The molecule has 2 aromatic carbocycles. The van der Waals surface area contributed by atoms with Gasteiger partial charge in [-0.3, -0.25) is 19.4 Å². The van der Waals surface area contributed by atoms with Gasteiger partial charge in [-0.15, -0.1) is 0 Å². The van der Waals surface area contributed by atoms with Gasteiger partial charge in [-0.25, -0.2) is 4.79 Å². The Balaban J connectivity index is 0.00000112. The third-order valence-corrected chi connectivity index (χ3v) is 5.40. The number of rotatable bonds is 13. The van der Waals surface area contributed by atoms with Gasteiger partial charge in [0.15, 0.2) is 17.5 Å². The fraction of sp³-hybridized carbons (Fsp3) is 0.346. The number of aliphatic carboxylic acids is 1. The molecule has 3 amide bonds. The summed E-state index contributed by atoms with van der Waals surface area (Å²) in [4.78, 5) is 50.9. The van der Waals surface area contributed by atoms with Crippen LogP contribution in [0.2, 0.25) is 0 Å². The maximum absolute atomic E-state index is 13.1. The van der Waals surface area contributed by atoms with Crippen LogP contribution in [0.25, 0.3) is 0 Å². The van der Waals surface area contributed by atoms with E-state index in [4.69, 9.17) is 36.6 Å². The Morgan fingerprint density at radius 1 is 0.929 bits per heavy atom. The van der Waals surface area contributed by atoms with Crippen molar-refractivity contribution in [3.8, 4) is 11.5 Å². The Kier molecular flexibility index (Phi) is 14.1. The van der Waals surface area contributed by atoms with Crippen LogP contribution < -0.4 is 37.3 Å². The van der Waals surface area contributed by atoms with Crippen LogP contribution in [0.15, 0.2) is 53.5 Å². The van der Waals surface area contributed by atoms with E-state index in [1.807, 2.05) is 30.3 Å². The smallest absolute Gasteiger partial charge is 0.490 e. The zero-order valence-electron chi connectivity index (χ0n) is 22.8. The van der Waals surface area contributed by atoms with Crippen molar-refractivity contribution in [1.29, 1.82) is 0 Å². The highest BCUT2D eigenvalue weighted by molar-refractivity contribution is 5.98. The minimum atomic E-state index is -5.08. The molecular formula is C26H33F3N6O7. The Bertz CT molecular complexity index is 1240. The predicted molar refractivity (Wildman–Crippen MR) is 146 cm³/mol. The van der Waals surface area contributed by atoms with Crippen molar-refractivity contribution in [2.24, 2.45) is 22.2 Å². The topological polar surface area (TPSA) is 221 Å². The van der Waals surface area contributed by atoms with E-state index < -0.39 is 42.0 Å². The molecule has 0 saturated carbocycles. The van der Waals surface area contributed by atoms with Crippen molar-refractivity contribution in [2.45, 2.75) is 37.5 Å². The summed E-state index contributed by atoms with van der Waals surface area (Å²) in [5, 5.41) is 12.5. The third kappa shape index (κ3) is 12.4. The first-order valence-electron chi connectivity index (χ1n) is 12.2. The minimum absolute atomic E-state index is 0.0722. The van der Waals surface area contributed by atoms with Crippen molar-refractivity contribution >= 4 is 29.7 Å². The molecular weight excluding hydrogens is 565 g/mol. The van der Waals surface area contributed by atoms with E-state index in [0.717, 1.165) is 5.56 Å². The van der Waals surface area contributed by atoms with Crippen LogP contribution in [0.5, 0.6) is 11.5 Å². The number of benzene rings is 2. The average Bonchev–Trinajstić information content (AvgIpc) is 2.93. The number of nitrogens with two attached hydrogens (primary N) is 3. The van der Waals surface area contributed by atoms with Crippen LogP contribution in [0, 0.1) is 0 Å². The molecule has 0 saturated heterocycles. The van der Waals surface area contributed by atoms with Crippen LogP contribution in [0.4, 0.5) is 13.2 Å². The van der Waals surface area contributed by atoms with Crippen LogP contribution in [-0.4, -0.2) is 73.8 Å². The highest BCUT2D eigenvalue weighted by atomic mass is 19.4. The van der Waals surface area contributed by atoms with E-state index in [2.05, 4.69) is 15.6 Å². The van der Waals surface area contributed by atoms with Crippen molar-refractivity contribution in [1.82, 2.24) is 10.6 Å². The summed E-state index contributed by atoms with van der Waals surface area (Å²) in [7, 11) is 2.94. The molecule has 2 rings (SSSR count). The van der Waals surface area contributed by atoms with E-state index in [1.54, 1.807) is 12.1 Å². The van der Waals surface area contributed by atoms with Crippen LogP contribution in [0.1, 0.15) is 28.8 Å². The molecule has 0 aliphatic rings. The molecule has 0 aliphatic carbocycles. The summed E-state index contributed by atoms with van der Waals surface area (Å²) in [6.45, 7) is 0.265. The number of carboxylic acids is 1. The molecule has 0 aromatic heterocycles. The second kappa shape index (κ2) is 16.9. The molecule has 9 N–H and O–H groups in total. The lowest BCUT2D eigenvalue weighted by molar-refractivity contribution is -0.192. The van der Waals surface area contributed by atoms with E-state index >= 15 is 0 Å². The van der Waals surface area contributed by atoms with Gasteiger partial charge in [-0.05, 0) is 36.6 Å². The lowest BCUT2D eigenvalue weighted by Gasteiger charge is -2.22. The highest BCUT2D eigenvalue weighted by Crippen LogP contribution is 2.27. The number of alkyl halides is 3. The van der Waals surface area contributed by atoms with Gasteiger partial charge in [0.2, 0.25) is 11.8 Å². The second-order valence-electron chi connectivity index (χ2n) is 8.50. The number of hydrogen-bond donors (Lipinski definition) is 6. The van der Waals surface area contributed by atoms with Crippen molar-refractivity contribution in [3.63, 3.8) is 0 Å². The van der Waals surface area contributed by atoms with Gasteiger partial charge < -0.3 is 42.4 Å². The summed E-state index contributed by atoms with van der Waals surface area (Å²) in [5.41, 5.74) is 17.3. The van der Waals surface area contributed by atoms with Gasteiger partial charge in [0.1, 0.15) is 12.1 Å². The lowest BCUT2D eigenvalue weighted by atomic mass is 10.0. The van der Waals surface area contributed by atoms with Crippen LogP contribution >= 0.6 is 0 Å². The standard InChI is InChI=1S/C24H32N6O5.C2HF3O2/c1-34-19-11-10-16(14-20(19)35-2)22(32)29-17(9-6-12-28-24(26)27)23(33)30-18(21(25)31)13-15-7-4-3-5-8-15;3-2(4,5)1(6)7/h3-5,7-8,10-11,14,17-18H,6,9,12-13H2,1-2H3,(H2,25,31)(H,29,32)(H,30,33)(H4,26,27,28);(H,6,7)/t17-,18-;/m0./s1. The molecule has 230 valence electrons. The average molecular weight is 599 g/mol. The largest absolute Gasteiger partial charge is 0.493 e. The van der Waals surface area contributed by atoms with Gasteiger partial charge in [0.25, 0.3) is 5.91 Å². The van der Waals surface area contributed by atoms with Crippen LogP contribution in [-0.2, 0) is 20.8 Å². The minimum Gasteiger partial charge on any atom is -0.493 e. The Labute approximate surface area is 239 Å². The number of halogens is 3. The molecule has 42 heavy (non-hydrogen) atoms. The number of methoxy groups -OCH3 is 2. The van der Waals surface area contributed by atoms with Gasteiger partial charge in [-0.1, -0.05) is 30.3 Å². The van der Waals surface area contributed by atoms with E-state index in [9.17, 15) is 27.6 Å². The number of guanidine groups is 1. The number of nitrogens with zero attached hydrogens (tertiary/aromatic N) is 1. The van der Waals surface area contributed by atoms with Gasteiger partial charge in [0.05, 0.1) is 14.2 Å². The molecule has 0 spiro atoms. The number of nitrogens with one attached hydrogen (secondary N) is 2. The highest BCUT2D eigenvalue weighted by Gasteiger charge is 2.38. The number of primary amides is 1. The van der Waals surface area contributed by atoms with Crippen molar-refractivity contribution in [3.05, 3.63) is 59.7 Å². The van der Waals surface area contributed by atoms with Gasteiger partial charge in [-0.2, -0.15) is 13.2 Å². The Morgan fingerprint density at radius 3 is 2.02 bits per heavy atom. The number of carbonyl (C=O) groups excluding carboxylic acids is 3. The molecule has 0 fully saturated rings. The first kappa shape index (κ1) is 35.0. The molecule has 0 radical (unpaired) electrons. The number of carbonyl (C=O) groups is 4. The lowest BCUT2D eigenvalue weighted by Crippen LogP contribution is -2.53. The second-order valence-corrected chi connectivity index (χ2v) is 8.50. The van der Waals surface area contributed by atoms with E-state index in [-0.39, 0.29) is 30.9 Å². The first-order valence-corrected chi connectivity index (χ1v) is 12.2. The zero-order valence-corrected chi connectivity index (χ0v) is 22.8. The number of amides is 3. The molecule has 16 heteroatoms. The number of ether oxygens (including phenoxy) is 2. The monoisotopic (exact) mass is 598 g/mol. The summed E-state index contributed by atoms with van der Waals surface area (Å²) in [5.74, 6) is -3.75. The summed E-state index contributed by atoms with van der Waals surface area (Å²) < 4.78 is 42.2. The van der Waals surface area contributed by atoms with Crippen LogP contribution in [0.3, 0.4) is 0 Å². The number of aliphatic imine (C=N–C) groups is 1. The predicted octanol–water partition coefficient (Wildman–Crippen LogP) is 0.702. The Hall–Kier alpha value is -5.02. The molecule has 0 unspecified atom stereocenters. The number of hydrogen-bond acceptors (Lipinski definition) is 7. The normalized spacial score (nSPS) is 11.9. The zero-order chi connectivity index (χ0) is 31.9. The first-order chi connectivity index (χ1) is 19.7. The van der Waals surface area contributed by atoms with E-state index in [0.29, 0.717) is 17.9 Å². The molecule has 13 nitrogen and oxygen atoms in total. The SMILES string of the molecule is COc1ccc(C(=O)N[C@@H](CCCN=C(N)N)C(=O)N[C@@H](Cc2ccccc2)C(N)=O)cc1OC.O=C(O)C(F)(F)F. The van der Waals surface area contributed by atoms with Gasteiger partial charge in [0, 0.05) is 18.5 Å². The quantitative estimate of drug-likeness (QED) is 0.108. The molecule has 2 atom stereocenters. The summed E-state index contributed by atoms with van der Waals surface area (Å²) >= 11 is 0. The van der Waals surface area contributed by atoms with Gasteiger partial charge >= 0.3 is 12.1 Å².